The van der Waals surface area contributed by atoms with E-state index in [0.29, 0.717) is 18.8 Å². The highest BCUT2D eigenvalue weighted by molar-refractivity contribution is 5.98. The fourth-order valence-electron chi connectivity index (χ4n) is 3.13. The Bertz CT molecular complexity index is 868. The summed E-state index contributed by atoms with van der Waals surface area (Å²) in [6, 6.07) is 11.8. The average Bonchev–Trinajstić information content (AvgIpc) is 3.05. The first kappa shape index (κ1) is 14.7. The van der Waals surface area contributed by atoms with Crippen molar-refractivity contribution in [1.82, 2.24) is 20.1 Å². The number of rotatable bonds is 3. The lowest BCUT2D eigenvalue weighted by molar-refractivity contribution is 0.0728. The fourth-order valence-corrected chi connectivity index (χ4v) is 3.13. The number of aromatic nitrogens is 3. The molecule has 6 heteroatoms. The van der Waals surface area contributed by atoms with Crippen molar-refractivity contribution >= 4 is 22.6 Å². The number of fused-ring (bicyclic) bond motifs is 2. The number of benzene rings is 1. The van der Waals surface area contributed by atoms with E-state index >= 15 is 0 Å². The maximum atomic E-state index is 12.8. The van der Waals surface area contributed by atoms with Crippen LogP contribution in [0, 0.1) is 0 Å². The van der Waals surface area contributed by atoms with Gasteiger partial charge in [0.1, 0.15) is 11.5 Å². The van der Waals surface area contributed by atoms with Crippen molar-refractivity contribution in [2.24, 2.45) is 0 Å². The topological polar surface area (TPSA) is 73.9 Å². The SMILES string of the molecule is CCNc1cc2c(nn1)CCN(C(=O)c1cc3ccccc3[nH]1)C2. The smallest absolute Gasteiger partial charge is 0.270 e. The average molecular weight is 321 g/mol. The van der Waals surface area contributed by atoms with Gasteiger partial charge in [-0.1, -0.05) is 18.2 Å². The second kappa shape index (κ2) is 5.96. The zero-order chi connectivity index (χ0) is 16.5. The van der Waals surface area contributed by atoms with Gasteiger partial charge < -0.3 is 15.2 Å². The molecule has 2 N–H and O–H groups in total. The number of carbonyl (C=O) groups excluding carboxylic acids is 1. The van der Waals surface area contributed by atoms with E-state index in [0.717, 1.165) is 40.9 Å². The molecule has 0 fully saturated rings. The number of carbonyl (C=O) groups is 1. The van der Waals surface area contributed by atoms with Crippen LogP contribution in [0.2, 0.25) is 0 Å². The third-order valence-electron chi connectivity index (χ3n) is 4.35. The number of nitrogens with zero attached hydrogens (tertiary/aromatic N) is 3. The summed E-state index contributed by atoms with van der Waals surface area (Å²) < 4.78 is 0. The minimum absolute atomic E-state index is 0.0265. The van der Waals surface area contributed by atoms with Gasteiger partial charge in [0.05, 0.1) is 5.69 Å². The van der Waals surface area contributed by atoms with Crippen LogP contribution in [0.3, 0.4) is 0 Å². The summed E-state index contributed by atoms with van der Waals surface area (Å²) in [6.07, 6.45) is 0.737. The number of amides is 1. The third kappa shape index (κ3) is 2.60. The highest BCUT2D eigenvalue weighted by Crippen LogP contribution is 2.22. The molecule has 0 saturated heterocycles. The van der Waals surface area contributed by atoms with Crippen molar-refractivity contribution in [1.29, 1.82) is 0 Å². The summed E-state index contributed by atoms with van der Waals surface area (Å²) in [6.45, 7) is 4.05. The number of aromatic amines is 1. The second-order valence-corrected chi connectivity index (χ2v) is 5.98. The van der Waals surface area contributed by atoms with E-state index in [1.54, 1.807) is 0 Å². The van der Waals surface area contributed by atoms with Crippen molar-refractivity contribution in [3.63, 3.8) is 0 Å². The highest BCUT2D eigenvalue weighted by atomic mass is 16.2. The molecule has 0 bridgehead atoms. The van der Waals surface area contributed by atoms with Crippen molar-refractivity contribution in [3.8, 4) is 0 Å². The Hall–Kier alpha value is -2.89. The maximum Gasteiger partial charge on any atom is 0.270 e. The van der Waals surface area contributed by atoms with E-state index in [4.69, 9.17) is 0 Å². The van der Waals surface area contributed by atoms with E-state index in [2.05, 4.69) is 20.5 Å². The lowest BCUT2D eigenvalue weighted by atomic mass is 10.1. The molecule has 0 radical (unpaired) electrons. The van der Waals surface area contributed by atoms with Gasteiger partial charge in [-0.25, -0.2) is 0 Å². The predicted molar refractivity (Wildman–Crippen MR) is 92.9 cm³/mol. The normalized spacial score (nSPS) is 13.8. The van der Waals surface area contributed by atoms with Gasteiger partial charge in [-0.3, -0.25) is 4.79 Å². The Labute approximate surface area is 139 Å². The number of hydrogen-bond donors (Lipinski definition) is 2. The minimum Gasteiger partial charge on any atom is -0.369 e. The van der Waals surface area contributed by atoms with Gasteiger partial charge in [0.2, 0.25) is 0 Å². The van der Waals surface area contributed by atoms with Crippen LogP contribution in [-0.2, 0) is 13.0 Å². The molecule has 1 amide bonds. The standard InChI is InChI=1S/C18H19N5O/c1-2-19-17-10-13-11-23(8-7-15(13)21-22-17)18(24)16-9-12-5-3-4-6-14(12)20-16/h3-6,9-10,20H,2,7-8,11H2,1H3,(H,19,22). The van der Waals surface area contributed by atoms with E-state index in [9.17, 15) is 4.79 Å². The molecule has 0 atom stereocenters. The summed E-state index contributed by atoms with van der Waals surface area (Å²) in [5, 5.41) is 12.7. The molecule has 0 spiro atoms. The molecule has 3 aromatic rings. The first-order chi connectivity index (χ1) is 11.7. The maximum absolute atomic E-state index is 12.8. The summed E-state index contributed by atoms with van der Waals surface area (Å²) in [5.74, 6) is 0.787. The number of nitrogens with one attached hydrogen (secondary N) is 2. The van der Waals surface area contributed by atoms with Crippen LogP contribution in [-0.4, -0.2) is 39.1 Å². The van der Waals surface area contributed by atoms with Crippen molar-refractivity contribution in [2.75, 3.05) is 18.4 Å². The first-order valence-electron chi connectivity index (χ1n) is 8.21. The molecule has 1 aliphatic rings. The van der Waals surface area contributed by atoms with Gasteiger partial charge in [-0.2, -0.15) is 5.10 Å². The van der Waals surface area contributed by atoms with Crippen LogP contribution in [0.1, 0.15) is 28.7 Å². The lowest BCUT2D eigenvalue weighted by Gasteiger charge is -2.27. The van der Waals surface area contributed by atoms with Gasteiger partial charge in [0, 0.05) is 37.0 Å². The van der Waals surface area contributed by atoms with Crippen LogP contribution in [0.15, 0.2) is 36.4 Å². The van der Waals surface area contributed by atoms with Crippen LogP contribution < -0.4 is 5.32 Å². The molecule has 3 heterocycles. The number of para-hydroxylation sites is 1. The van der Waals surface area contributed by atoms with E-state index in [-0.39, 0.29) is 5.91 Å². The monoisotopic (exact) mass is 321 g/mol. The quantitative estimate of drug-likeness (QED) is 0.777. The van der Waals surface area contributed by atoms with Gasteiger partial charge >= 0.3 is 0 Å². The molecule has 1 aliphatic heterocycles. The van der Waals surface area contributed by atoms with Gasteiger partial charge in [0.25, 0.3) is 5.91 Å². The molecule has 4 rings (SSSR count). The molecule has 0 unspecified atom stereocenters. The fraction of sp³-hybridized carbons (Fsp3) is 0.278. The first-order valence-corrected chi connectivity index (χ1v) is 8.21. The number of H-pyrrole nitrogens is 1. The van der Waals surface area contributed by atoms with Crippen LogP contribution in [0.4, 0.5) is 5.82 Å². The summed E-state index contributed by atoms with van der Waals surface area (Å²) in [5.41, 5.74) is 3.67. The Balaban J connectivity index is 1.59. The summed E-state index contributed by atoms with van der Waals surface area (Å²) >= 11 is 0. The highest BCUT2D eigenvalue weighted by Gasteiger charge is 2.24. The summed E-state index contributed by atoms with van der Waals surface area (Å²) in [4.78, 5) is 17.9. The van der Waals surface area contributed by atoms with Gasteiger partial charge in [-0.15, -0.1) is 5.10 Å². The number of anilines is 1. The second-order valence-electron chi connectivity index (χ2n) is 5.98. The summed E-state index contributed by atoms with van der Waals surface area (Å²) in [7, 11) is 0. The van der Waals surface area contributed by atoms with Crippen LogP contribution in [0.5, 0.6) is 0 Å². The molecule has 1 aromatic carbocycles. The molecule has 2 aromatic heterocycles. The predicted octanol–water partition coefficient (Wildman–Crippen LogP) is 2.59. The van der Waals surface area contributed by atoms with Gasteiger partial charge in [-0.05, 0) is 30.7 Å². The minimum atomic E-state index is 0.0265. The molecule has 0 aliphatic carbocycles. The Morgan fingerprint density at radius 1 is 1.29 bits per heavy atom. The number of hydrogen-bond acceptors (Lipinski definition) is 4. The van der Waals surface area contributed by atoms with Gasteiger partial charge in [0.15, 0.2) is 0 Å². The van der Waals surface area contributed by atoms with Crippen LogP contribution >= 0.6 is 0 Å². The van der Waals surface area contributed by atoms with Crippen molar-refractivity contribution in [3.05, 3.63) is 53.3 Å². The zero-order valence-electron chi connectivity index (χ0n) is 13.5. The molecule has 6 nitrogen and oxygen atoms in total. The Kier molecular flexibility index (Phi) is 3.65. The lowest BCUT2D eigenvalue weighted by Crippen LogP contribution is -2.36. The van der Waals surface area contributed by atoms with Crippen molar-refractivity contribution in [2.45, 2.75) is 19.9 Å². The Morgan fingerprint density at radius 3 is 3.00 bits per heavy atom. The molecule has 24 heavy (non-hydrogen) atoms. The van der Waals surface area contributed by atoms with E-state index < -0.39 is 0 Å². The molecular formula is C18H19N5O. The molecule has 0 saturated carbocycles. The molecular weight excluding hydrogens is 302 g/mol. The van der Waals surface area contributed by atoms with Crippen molar-refractivity contribution < 1.29 is 4.79 Å². The largest absolute Gasteiger partial charge is 0.369 e. The van der Waals surface area contributed by atoms with Crippen LogP contribution in [0.25, 0.3) is 10.9 Å². The van der Waals surface area contributed by atoms with E-state index in [1.807, 2.05) is 48.2 Å². The zero-order valence-corrected chi connectivity index (χ0v) is 13.5. The Morgan fingerprint density at radius 2 is 2.17 bits per heavy atom. The van der Waals surface area contributed by atoms with E-state index in [1.165, 1.54) is 0 Å². The molecule has 122 valence electrons. The third-order valence-corrected chi connectivity index (χ3v) is 4.35.